The molecule has 0 aromatic carbocycles. The molecule has 0 bridgehead atoms. The predicted molar refractivity (Wildman–Crippen MR) is 105 cm³/mol. The van der Waals surface area contributed by atoms with Gasteiger partial charge in [-0.3, -0.25) is 0 Å². The lowest BCUT2D eigenvalue weighted by molar-refractivity contribution is 0.0126. The summed E-state index contributed by atoms with van der Waals surface area (Å²) < 4.78 is 0. The van der Waals surface area contributed by atoms with Gasteiger partial charge in [-0.25, -0.2) is 0 Å². The van der Waals surface area contributed by atoms with Gasteiger partial charge >= 0.3 is 0 Å². The molecule has 3 fully saturated rings. The van der Waals surface area contributed by atoms with E-state index in [0.29, 0.717) is 5.41 Å². The molecule has 1 unspecified atom stereocenters. The van der Waals surface area contributed by atoms with E-state index in [1.807, 2.05) is 0 Å². The first-order chi connectivity index (χ1) is 11.8. The molecule has 1 heteroatoms. The van der Waals surface area contributed by atoms with Crippen LogP contribution in [-0.4, -0.2) is 24.5 Å². The fourth-order valence-corrected chi connectivity index (χ4v) is 6.25. The quantitative estimate of drug-likeness (QED) is 0.511. The zero-order valence-electron chi connectivity index (χ0n) is 16.5. The molecular weight excluding hydrogens is 290 g/mol. The van der Waals surface area contributed by atoms with Crippen LogP contribution < -0.4 is 0 Å². The van der Waals surface area contributed by atoms with Crippen molar-refractivity contribution < 1.29 is 0 Å². The Morgan fingerprint density at radius 2 is 0.958 bits per heavy atom. The highest BCUT2D eigenvalue weighted by molar-refractivity contribution is 4.93. The van der Waals surface area contributed by atoms with E-state index in [0.717, 1.165) is 11.8 Å². The maximum Gasteiger partial charge on any atom is 0.00406 e. The van der Waals surface area contributed by atoms with Crippen molar-refractivity contribution >= 4 is 0 Å². The Kier molecular flexibility index (Phi) is 7.50. The van der Waals surface area contributed by atoms with E-state index in [9.17, 15) is 0 Å². The van der Waals surface area contributed by atoms with Gasteiger partial charge in [0.25, 0.3) is 0 Å². The van der Waals surface area contributed by atoms with Crippen LogP contribution in [0.1, 0.15) is 110 Å². The van der Waals surface area contributed by atoms with Crippen LogP contribution in [0.5, 0.6) is 0 Å². The molecule has 1 heterocycles. The van der Waals surface area contributed by atoms with Crippen molar-refractivity contribution in [1.82, 2.24) is 4.90 Å². The molecule has 3 rings (SSSR count). The Balaban J connectivity index is 1.74. The third-order valence-corrected chi connectivity index (χ3v) is 7.84. The summed E-state index contributed by atoms with van der Waals surface area (Å²) in [6.07, 6.45) is 24.0. The van der Waals surface area contributed by atoms with Crippen LogP contribution in [-0.2, 0) is 0 Å². The summed E-state index contributed by atoms with van der Waals surface area (Å²) in [5.41, 5.74) is 0.596. The standard InChI is InChI=1S/C23H43N/c1-23(20-24-18-12-7-13-19-24,22-16-10-5-6-11-17-22)21-14-8-3-2-4-9-15-21/h21-22H,2-20H2,1H3. The molecule has 0 radical (unpaired) electrons. The van der Waals surface area contributed by atoms with Gasteiger partial charge in [-0.1, -0.05) is 71.1 Å². The summed E-state index contributed by atoms with van der Waals surface area (Å²) in [5.74, 6) is 2.01. The lowest BCUT2D eigenvalue weighted by Gasteiger charge is -2.48. The molecule has 24 heavy (non-hydrogen) atoms. The van der Waals surface area contributed by atoms with Gasteiger partial charge in [0.15, 0.2) is 0 Å². The van der Waals surface area contributed by atoms with E-state index in [1.54, 1.807) is 0 Å². The second-order valence-corrected chi connectivity index (χ2v) is 9.57. The van der Waals surface area contributed by atoms with Crippen molar-refractivity contribution in [3.63, 3.8) is 0 Å². The van der Waals surface area contributed by atoms with Crippen LogP contribution in [0.2, 0.25) is 0 Å². The van der Waals surface area contributed by atoms with E-state index >= 15 is 0 Å². The average Bonchev–Trinajstić information content (AvgIpc) is 2.85. The van der Waals surface area contributed by atoms with E-state index in [1.165, 1.54) is 122 Å². The lowest BCUT2D eigenvalue weighted by Crippen LogP contribution is -2.47. The van der Waals surface area contributed by atoms with Gasteiger partial charge in [0.05, 0.1) is 0 Å². The topological polar surface area (TPSA) is 3.24 Å². The van der Waals surface area contributed by atoms with Crippen LogP contribution in [0.3, 0.4) is 0 Å². The number of hydrogen-bond donors (Lipinski definition) is 0. The molecule has 0 aromatic rings. The molecule has 1 nitrogen and oxygen atoms in total. The first-order valence-corrected chi connectivity index (χ1v) is 11.5. The normalized spacial score (nSPS) is 29.4. The van der Waals surface area contributed by atoms with E-state index in [2.05, 4.69) is 11.8 Å². The van der Waals surface area contributed by atoms with Gasteiger partial charge in [-0.2, -0.15) is 0 Å². The molecule has 3 aliphatic rings. The van der Waals surface area contributed by atoms with Gasteiger partial charge in [-0.05, 0) is 68.9 Å². The average molecular weight is 334 g/mol. The summed E-state index contributed by atoms with van der Waals surface area (Å²) in [5, 5.41) is 0. The SMILES string of the molecule is CC(CN1CCCCC1)(C1CCCCCCC1)C1CCCCCC1. The largest absolute Gasteiger partial charge is 0.303 e. The number of piperidine rings is 1. The van der Waals surface area contributed by atoms with Crippen molar-refractivity contribution in [3.05, 3.63) is 0 Å². The lowest BCUT2D eigenvalue weighted by atomic mass is 9.61. The Bertz CT molecular complexity index is 330. The zero-order valence-corrected chi connectivity index (χ0v) is 16.5. The van der Waals surface area contributed by atoms with Gasteiger partial charge in [0.2, 0.25) is 0 Å². The summed E-state index contributed by atoms with van der Waals surface area (Å²) in [6.45, 7) is 6.93. The number of rotatable bonds is 4. The molecule has 0 N–H and O–H groups in total. The molecule has 2 aliphatic carbocycles. The van der Waals surface area contributed by atoms with Crippen LogP contribution in [0.15, 0.2) is 0 Å². The molecule has 1 saturated heterocycles. The maximum absolute atomic E-state index is 2.87. The summed E-state index contributed by atoms with van der Waals surface area (Å²) in [7, 11) is 0. The molecule has 1 atom stereocenters. The zero-order chi connectivity index (χ0) is 16.7. The third kappa shape index (κ3) is 4.99. The minimum Gasteiger partial charge on any atom is -0.303 e. The fourth-order valence-electron chi connectivity index (χ4n) is 6.25. The second kappa shape index (κ2) is 9.60. The molecule has 1 aliphatic heterocycles. The summed E-state index contributed by atoms with van der Waals surface area (Å²) in [4.78, 5) is 2.87. The van der Waals surface area contributed by atoms with Crippen molar-refractivity contribution in [2.75, 3.05) is 19.6 Å². The fraction of sp³-hybridized carbons (Fsp3) is 1.00. The van der Waals surface area contributed by atoms with E-state index in [-0.39, 0.29) is 0 Å². The number of nitrogens with zero attached hydrogens (tertiary/aromatic N) is 1. The van der Waals surface area contributed by atoms with Gasteiger partial charge in [0.1, 0.15) is 0 Å². The monoisotopic (exact) mass is 333 g/mol. The van der Waals surface area contributed by atoms with Crippen LogP contribution >= 0.6 is 0 Å². The van der Waals surface area contributed by atoms with E-state index < -0.39 is 0 Å². The third-order valence-electron chi connectivity index (χ3n) is 7.84. The van der Waals surface area contributed by atoms with Gasteiger partial charge in [-0.15, -0.1) is 0 Å². The predicted octanol–water partition coefficient (Wildman–Crippen LogP) is 6.81. The van der Waals surface area contributed by atoms with Crippen LogP contribution in [0.25, 0.3) is 0 Å². The molecule has 0 aromatic heterocycles. The second-order valence-electron chi connectivity index (χ2n) is 9.57. The Morgan fingerprint density at radius 3 is 1.42 bits per heavy atom. The van der Waals surface area contributed by atoms with Crippen LogP contribution in [0.4, 0.5) is 0 Å². The van der Waals surface area contributed by atoms with Gasteiger partial charge in [0, 0.05) is 6.54 Å². The number of hydrogen-bond acceptors (Lipinski definition) is 1. The maximum atomic E-state index is 2.87. The molecule has 140 valence electrons. The Hall–Kier alpha value is -0.0400. The van der Waals surface area contributed by atoms with Crippen molar-refractivity contribution in [2.24, 2.45) is 17.3 Å². The molecule has 2 saturated carbocycles. The Labute approximate surface area is 152 Å². The first-order valence-electron chi connectivity index (χ1n) is 11.5. The molecule has 0 spiro atoms. The highest BCUT2D eigenvalue weighted by Crippen LogP contribution is 2.48. The van der Waals surface area contributed by atoms with Crippen molar-refractivity contribution in [1.29, 1.82) is 0 Å². The summed E-state index contributed by atoms with van der Waals surface area (Å²) >= 11 is 0. The smallest absolute Gasteiger partial charge is 0.00406 e. The van der Waals surface area contributed by atoms with Crippen LogP contribution in [0, 0.1) is 17.3 Å². The van der Waals surface area contributed by atoms with Gasteiger partial charge < -0.3 is 4.90 Å². The summed E-state index contributed by atoms with van der Waals surface area (Å²) in [6, 6.07) is 0. The first kappa shape index (κ1) is 18.7. The highest BCUT2D eigenvalue weighted by Gasteiger charge is 2.42. The minimum absolute atomic E-state index is 0.596. The molecular formula is C23H43N. The molecule has 0 amide bonds. The number of likely N-dealkylation sites (tertiary alicyclic amines) is 1. The minimum atomic E-state index is 0.596. The van der Waals surface area contributed by atoms with E-state index in [4.69, 9.17) is 0 Å². The van der Waals surface area contributed by atoms with Crippen molar-refractivity contribution in [3.8, 4) is 0 Å². The van der Waals surface area contributed by atoms with Crippen molar-refractivity contribution in [2.45, 2.75) is 110 Å². The Morgan fingerprint density at radius 1 is 0.583 bits per heavy atom. The highest BCUT2D eigenvalue weighted by atomic mass is 15.1.